The third kappa shape index (κ3) is 2.74. The van der Waals surface area contributed by atoms with Gasteiger partial charge in [0, 0.05) is 6.42 Å². The van der Waals surface area contributed by atoms with E-state index in [2.05, 4.69) is 0 Å². The Balaban J connectivity index is 2.36. The van der Waals surface area contributed by atoms with E-state index < -0.39 is 0 Å². The number of hydrogen-bond donors (Lipinski definition) is 1. The van der Waals surface area contributed by atoms with Crippen LogP contribution in [-0.4, -0.2) is 6.54 Å². The van der Waals surface area contributed by atoms with Crippen LogP contribution in [0.15, 0.2) is 42.5 Å². The predicted molar refractivity (Wildman–Crippen MR) is 68.4 cm³/mol. The topological polar surface area (TPSA) is 26.0 Å². The first-order valence-corrected chi connectivity index (χ1v) is 5.92. The zero-order valence-corrected chi connectivity index (χ0v) is 10.00. The maximum absolute atomic E-state index is 13.8. The fourth-order valence-electron chi connectivity index (χ4n) is 2.02. The van der Waals surface area contributed by atoms with Crippen molar-refractivity contribution in [1.29, 1.82) is 0 Å². The number of halogens is 2. The Morgan fingerprint density at radius 1 is 0.833 bits per heavy atom. The van der Waals surface area contributed by atoms with Crippen molar-refractivity contribution in [1.82, 2.24) is 0 Å². The second-order valence-electron chi connectivity index (χ2n) is 4.18. The van der Waals surface area contributed by atoms with Crippen molar-refractivity contribution in [2.75, 3.05) is 6.54 Å². The number of benzene rings is 2. The van der Waals surface area contributed by atoms with E-state index in [1.807, 2.05) is 6.07 Å². The molecule has 2 rings (SSSR count). The highest BCUT2D eigenvalue weighted by molar-refractivity contribution is 5.34. The highest BCUT2D eigenvalue weighted by atomic mass is 19.1. The van der Waals surface area contributed by atoms with E-state index in [0.29, 0.717) is 24.1 Å². The highest BCUT2D eigenvalue weighted by Crippen LogP contribution is 2.20. The normalized spacial score (nSPS) is 10.6. The Bertz CT molecular complexity index is 538. The zero-order valence-electron chi connectivity index (χ0n) is 10.00. The smallest absolute Gasteiger partial charge is 0.127 e. The minimum Gasteiger partial charge on any atom is -0.330 e. The van der Waals surface area contributed by atoms with Crippen LogP contribution in [-0.2, 0) is 12.8 Å². The van der Waals surface area contributed by atoms with Crippen molar-refractivity contribution < 1.29 is 8.78 Å². The fourth-order valence-corrected chi connectivity index (χ4v) is 2.02. The summed E-state index contributed by atoms with van der Waals surface area (Å²) in [6.07, 6.45) is 0.857. The molecular weight excluding hydrogens is 232 g/mol. The molecule has 0 aliphatic heterocycles. The molecule has 0 radical (unpaired) electrons. The first-order valence-electron chi connectivity index (χ1n) is 5.92. The number of nitrogens with two attached hydrogens (primary N) is 1. The van der Waals surface area contributed by atoms with Gasteiger partial charge in [0.15, 0.2) is 0 Å². The summed E-state index contributed by atoms with van der Waals surface area (Å²) in [5.74, 6) is -0.608. The molecule has 0 atom stereocenters. The van der Waals surface area contributed by atoms with Crippen molar-refractivity contribution in [3.63, 3.8) is 0 Å². The van der Waals surface area contributed by atoms with Crippen molar-refractivity contribution in [2.24, 2.45) is 5.73 Å². The van der Waals surface area contributed by atoms with Gasteiger partial charge < -0.3 is 5.73 Å². The van der Waals surface area contributed by atoms with Crippen molar-refractivity contribution in [3.8, 4) is 0 Å². The Morgan fingerprint density at radius 2 is 1.50 bits per heavy atom. The first kappa shape index (κ1) is 12.7. The minimum absolute atomic E-state index is 0.259. The molecule has 2 N–H and O–H groups in total. The lowest BCUT2D eigenvalue weighted by atomic mass is 9.97. The van der Waals surface area contributed by atoms with Crippen molar-refractivity contribution in [3.05, 3.63) is 70.8 Å². The molecule has 0 aromatic heterocycles. The molecule has 0 heterocycles. The lowest BCUT2D eigenvalue weighted by Gasteiger charge is -2.10. The van der Waals surface area contributed by atoms with Gasteiger partial charge in [-0.3, -0.25) is 0 Å². The maximum Gasteiger partial charge on any atom is 0.127 e. The van der Waals surface area contributed by atoms with Gasteiger partial charge in [-0.15, -0.1) is 0 Å². The molecule has 1 nitrogen and oxygen atoms in total. The van der Waals surface area contributed by atoms with Crippen LogP contribution in [0.3, 0.4) is 0 Å². The van der Waals surface area contributed by atoms with Crippen LogP contribution in [0.5, 0.6) is 0 Å². The van der Waals surface area contributed by atoms with E-state index in [-0.39, 0.29) is 18.1 Å². The maximum atomic E-state index is 13.8. The molecule has 0 aliphatic carbocycles. The molecule has 0 saturated carbocycles. The summed E-state index contributed by atoms with van der Waals surface area (Å²) >= 11 is 0. The van der Waals surface area contributed by atoms with Gasteiger partial charge in [-0.05, 0) is 41.8 Å². The summed E-state index contributed by atoms with van der Waals surface area (Å²) in [5, 5.41) is 0. The van der Waals surface area contributed by atoms with Crippen molar-refractivity contribution >= 4 is 0 Å². The molecule has 0 bridgehead atoms. The average molecular weight is 247 g/mol. The van der Waals surface area contributed by atoms with Crippen LogP contribution in [0.1, 0.15) is 16.7 Å². The van der Waals surface area contributed by atoms with E-state index in [1.54, 1.807) is 24.3 Å². The van der Waals surface area contributed by atoms with E-state index in [9.17, 15) is 8.78 Å². The molecule has 2 aromatic rings. The number of hydrogen-bond acceptors (Lipinski definition) is 1. The van der Waals surface area contributed by atoms with Crippen molar-refractivity contribution in [2.45, 2.75) is 12.8 Å². The van der Waals surface area contributed by atoms with Gasteiger partial charge in [0.2, 0.25) is 0 Å². The van der Waals surface area contributed by atoms with Crippen LogP contribution in [0.25, 0.3) is 0 Å². The summed E-state index contributed by atoms with van der Waals surface area (Å²) in [6.45, 7) is 0.452. The van der Waals surface area contributed by atoms with E-state index in [4.69, 9.17) is 5.73 Å². The van der Waals surface area contributed by atoms with Gasteiger partial charge in [0.1, 0.15) is 11.6 Å². The molecule has 3 heteroatoms. The van der Waals surface area contributed by atoms with Crippen LogP contribution >= 0.6 is 0 Å². The molecule has 2 aromatic carbocycles. The first-order chi connectivity index (χ1) is 8.72. The largest absolute Gasteiger partial charge is 0.330 e. The summed E-state index contributed by atoms with van der Waals surface area (Å²) in [4.78, 5) is 0. The molecule has 0 unspecified atom stereocenters. The average Bonchev–Trinajstić information content (AvgIpc) is 2.36. The summed E-state index contributed by atoms with van der Waals surface area (Å²) < 4.78 is 27.4. The molecule has 94 valence electrons. The molecule has 0 saturated heterocycles. The Labute approximate surface area is 105 Å². The third-order valence-corrected chi connectivity index (χ3v) is 2.95. The summed E-state index contributed by atoms with van der Waals surface area (Å²) in [7, 11) is 0. The SMILES string of the molecule is NCCc1cccc(F)c1Cc1ccccc1F. The molecule has 0 fully saturated rings. The molecular formula is C15H15F2N. The van der Waals surface area contributed by atoms with Crippen LogP contribution in [0.4, 0.5) is 8.78 Å². The van der Waals surface area contributed by atoms with Gasteiger partial charge in [0.25, 0.3) is 0 Å². The van der Waals surface area contributed by atoms with Gasteiger partial charge >= 0.3 is 0 Å². The van der Waals surface area contributed by atoms with E-state index in [0.717, 1.165) is 5.56 Å². The Hall–Kier alpha value is -1.74. The summed E-state index contributed by atoms with van der Waals surface area (Å²) in [6, 6.07) is 11.3. The quantitative estimate of drug-likeness (QED) is 0.883. The fraction of sp³-hybridized carbons (Fsp3) is 0.200. The predicted octanol–water partition coefficient (Wildman–Crippen LogP) is 3.06. The van der Waals surface area contributed by atoms with Crippen LogP contribution in [0, 0.1) is 11.6 Å². The third-order valence-electron chi connectivity index (χ3n) is 2.95. The molecule has 0 spiro atoms. The van der Waals surface area contributed by atoms with Gasteiger partial charge in [-0.2, -0.15) is 0 Å². The van der Waals surface area contributed by atoms with Gasteiger partial charge in [0.05, 0.1) is 0 Å². The molecule has 18 heavy (non-hydrogen) atoms. The molecule has 0 amide bonds. The Morgan fingerprint density at radius 3 is 2.22 bits per heavy atom. The van der Waals surface area contributed by atoms with Crippen LogP contribution in [0.2, 0.25) is 0 Å². The zero-order chi connectivity index (χ0) is 13.0. The second kappa shape index (κ2) is 5.74. The summed E-state index contributed by atoms with van der Waals surface area (Å²) in [5.41, 5.74) is 7.39. The monoisotopic (exact) mass is 247 g/mol. The van der Waals surface area contributed by atoms with Crippen LogP contribution < -0.4 is 5.73 Å². The van der Waals surface area contributed by atoms with Gasteiger partial charge in [-0.1, -0.05) is 30.3 Å². The van der Waals surface area contributed by atoms with E-state index >= 15 is 0 Å². The number of rotatable bonds is 4. The van der Waals surface area contributed by atoms with E-state index in [1.165, 1.54) is 12.1 Å². The molecule has 0 aliphatic rings. The van der Waals surface area contributed by atoms with Gasteiger partial charge in [-0.25, -0.2) is 8.78 Å². The Kier molecular flexibility index (Phi) is 4.05. The lowest BCUT2D eigenvalue weighted by molar-refractivity contribution is 0.596. The minimum atomic E-state index is -0.306. The lowest BCUT2D eigenvalue weighted by Crippen LogP contribution is -2.07. The highest BCUT2D eigenvalue weighted by Gasteiger charge is 2.10. The standard InChI is InChI=1S/C15H15F2N/c16-14-6-2-1-4-12(14)10-13-11(8-9-18)5-3-7-15(13)17/h1-7H,8-10,18H2. The second-order valence-corrected chi connectivity index (χ2v) is 4.18.